The average molecular weight is 431 g/mol. The maximum absolute atomic E-state index is 12.4. The molecule has 29 heavy (non-hydrogen) atoms. The third kappa shape index (κ3) is 5.03. The molecule has 1 N–H and O–H groups in total. The zero-order chi connectivity index (χ0) is 21.2. The minimum Gasteiger partial charge on any atom is -0.543 e. The molecular weight excluding hydrogens is 408 g/mol. The quantitative estimate of drug-likeness (QED) is 0.444. The number of carbonyl (C=O) groups is 1. The Kier molecular flexibility index (Phi) is 6.06. The molecular formula is C20H23ClN4O3Si. The lowest BCUT2D eigenvalue weighted by atomic mass is 10.1. The van der Waals surface area contributed by atoms with Gasteiger partial charge in [0, 0.05) is 23.7 Å². The molecule has 0 radical (unpaired) electrons. The van der Waals surface area contributed by atoms with Crippen molar-refractivity contribution in [2.75, 3.05) is 19.5 Å². The maximum Gasteiger partial charge on any atom is 0.277 e. The zero-order valence-electron chi connectivity index (χ0n) is 17.0. The van der Waals surface area contributed by atoms with Gasteiger partial charge in [0.2, 0.25) is 8.32 Å². The van der Waals surface area contributed by atoms with E-state index in [1.54, 1.807) is 31.3 Å². The van der Waals surface area contributed by atoms with Crippen molar-refractivity contribution in [1.29, 1.82) is 0 Å². The van der Waals surface area contributed by atoms with E-state index in [9.17, 15) is 4.79 Å². The molecule has 3 aromatic rings. The van der Waals surface area contributed by atoms with Gasteiger partial charge in [-0.3, -0.25) is 9.63 Å². The molecule has 0 saturated carbocycles. The van der Waals surface area contributed by atoms with Gasteiger partial charge >= 0.3 is 0 Å². The van der Waals surface area contributed by atoms with E-state index >= 15 is 0 Å². The van der Waals surface area contributed by atoms with E-state index in [0.717, 1.165) is 10.8 Å². The normalized spacial score (nSPS) is 11.4. The summed E-state index contributed by atoms with van der Waals surface area (Å²) >= 11 is 6.40. The smallest absolute Gasteiger partial charge is 0.277 e. The van der Waals surface area contributed by atoms with Crippen molar-refractivity contribution in [3.8, 4) is 5.75 Å². The van der Waals surface area contributed by atoms with Crippen LogP contribution in [0.4, 0.5) is 11.5 Å². The number of nitrogens with zero attached hydrogens (tertiary/aromatic N) is 3. The Bertz CT molecular complexity index is 1060. The second-order valence-corrected chi connectivity index (χ2v) is 12.3. The molecule has 0 aliphatic heterocycles. The summed E-state index contributed by atoms with van der Waals surface area (Å²) in [5, 5.41) is 5.64. The number of halogens is 1. The van der Waals surface area contributed by atoms with Gasteiger partial charge in [-0.2, -0.15) is 0 Å². The Hall–Kier alpha value is -2.68. The van der Waals surface area contributed by atoms with Crippen LogP contribution in [-0.4, -0.2) is 43.4 Å². The predicted molar refractivity (Wildman–Crippen MR) is 117 cm³/mol. The number of anilines is 2. The van der Waals surface area contributed by atoms with E-state index in [4.69, 9.17) is 20.9 Å². The summed E-state index contributed by atoms with van der Waals surface area (Å²) in [6.45, 7) is 6.30. The van der Waals surface area contributed by atoms with Crippen LogP contribution in [0.2, 0.25) is 24.7 Å². The van der Waals surface area contributed by atoms with Gasteiger partial charge in [0.1, 0.15) is 17.9 Å². The molecule has 2 aromatic carbocycles. The summed E-state index contributed by atoms with van der Waals surface area (Å²) in [7, 11) is 1.24. The molecule has 1 heterocycles. The van der Waals surface area contributed by atoms with Gasteiger partial charge in [0.05, 0.1) is 17.6 Å². The Morgan fingerprint density at radius 2 is 1.90 bits per heavy atom. The summed E-state index contributed by atoms with van der Waals surface area (Å²) in [6, 6.07) is 10.7. The van der Waals surface area contributed by atoms with Gasteiger partial charge < -0.3 is 9.74 Å². The van der Waals surface area contributed by atoms with Crippen molar-refractivity contribution in [1.82, 2.24) is 15.0 Å². The minimum atomic E-state index is -1.76. The fourth-order valence-corrected chi connectivity index (χ4v) is 3.80. The Labute approximate surface area is 175 Å². The molecule has 0 aliphatic rings. The number of fused-ring (bicyclic) bond motifs is 1. The Morgan fingerprint density at radius 3 is 2.55 bits per heavy atom. The third-order valence-corrected chi connectivity index (χ3v) is 5.18. The molecule has 0 atom stereocenters. The minimum absolute atomic E-state index is 0.264. The second kappa shape index (κ2) is 8.36. The first kappa shape index (κ1) is 21.0. The highest BCUT2D eigenvalue weighted by molar-refractivity contribution is 6.70. The number of hydrogen-bond donors (Lipinski definition) is 1. The number of carbonyl (C=O) groups excluding carboxylic acids is 1. The molecule has 0 spiro atoms. The SMILES string of the molecule is CON(C)C(=O)c1ccc2ncnc(Nc3ccc(O[Si](C)(C)C)c(Cl)c3)c2c1. The average Bonchev–Trinajstić information content (AvgIpc) is 2.68. The first-order chi connectivity index (χ1) is 13.7. The van der Waals surface area contributed by atoms with Crippen molar-refractivity contribution in [3.63, 3.8) is 0 Å². The highest BCUT2D eigenvalue weighted by Gasteiger charge is 2.18. The molecule has 7 nitrogen and oxygen atoms in total. The van der Waals surface area contributed by atoms with Gasteiger partial charge in [-0.05, 0) is 56.0 Å². The van der Waals surface area contributed by atoms with Crippen LogP contribution < -0.4 is 9.74 Å². The highest BCUT2D eigenvalue weighted by atomic mass is 35.5. The van der Waals surface area contributed by atoms with Crippen molar-refractivity contribution < 1.29 is 14.1 Å². The molecule has 0 unspecified atom stereocenters. The van der Waals surface area contributed by atoms with Crippen LogP contribution in [0, 0.1) is 0 Å². The summed E-state index contributed by atoms with van der Waals surface area (Å²) in [5.41, 5.74) is 1.93. The van der Waals surface area contributed by atoms with Crippen LogP contribution in [0.1, 0.15) is 10.4 Å². The molecule has 0 bridgehead atoms. The molecule has 1 aromatic heterocycles. The van der Waals surface area contributed by atoms with Crippen LogP contribution in [-0.2, 0) is 4.84 Å². The van der Waals surface area contributed by atoms with Gasteiger partial charge in [-0.25, -0.2) is 15.0 Å². The third-order valence-electron chi connectivity index (χ3n) is 4.05. The van der Waals surface area contributed by atoms with Crippen molar-refractivity contribution in [2.45, 2.75) is 19.6 Å². The van der Waals surface area contributed by atoms with Crippen molar-refractivity contribution >= 4 is 48.2 Å². The number of rotatable bonds is 6. The largest absolute Gasteiger partial charge is 0.543 e. The van der Waals surface area contributed by atoms with Gasteiger partial charge in [-0.1, -0.05) is 11.6 Å². The standard InChI is InChI=1S/C20H23ClN4O3Si/c1-25(27-2)20(26)13-6-8-17-15(10-13)19(23-12-22-17)24-14-7-9-18(16(21)11-14)28-29(3,4)5/h6-12H,1-5H3,(H,22,23,24). The fraction of sp³-hybridized carbons (Fsp3) is 0.250. The molecule has 3 rings (SSSR count). The summed E-state index contributed by atoms with van der Waals surface area (Å²) in [5.74, 6) is 0.971. The van der Waals surface area contributed by atoms with E-state index in [2.05, 4.69) is 34.9 Å². The first-order valence-corrected chi connectivity index (χ1v) is 12.8. The highest BCUT2D eigenvalue weighted by Crippen LogP contribution is 2.32. The summed E-state index contributed by atoms with van der Waals surface area (Å²) in [4.78, 5) is 26.0. The molecule has 1 amide bonds. The van der Waals surface area contributed by atoms with Crippen molar-refractivity contribution in [3.05, 3.63) is 53.3 Å². The predicted octanol–water partition coefficient (Wildman–Crippen LogP) is 4.87. The van der Waals surface area contributed by atoms with Gasteiger partial charge in [-0.15, -0.1) is 0 Å². The summed E-state index contributed by atoms with van der Waals surface area (Å²) < 4.78 is 5.98. The molecule has 0 saturated heterocycles. The fourth-order valence-electron chi connectivity index (χ4n) is 2.68. The lowest BCUT2D eigenvalue weighted by Gasteiger charge is -2.20. The van der Waals surface area contributed by atoms with Crippen LogP contribution in [0.25, 0.3) is 10.9 Å². The number of aromatic nitrogens is 2. The van der Waals surface area contributed by atoms with E-state index in [0.29, 0.717) is 33.1 Å². The van der Waals surface area contributed by atoms with Crippen LogP contribution >= 0.6 is 11.6 Å². The maximum atomic E-state index is 12.4. The topological polar surface area (TPSA) is 76.6 Å². The number of hydroxylamine groups is 2. The van der Waals surface area contributed by atoms with Crippen LogP contribution in [0.5, 0.6) is 5.75 Å². The lowest BCUT2D eigenvalue weighted by Crippen LogP contribution is -2.29. The zero-order valence-corrected chi connectivity index (χ0v) is 18.7. The lowest BCUT2D eigenvalue weighted by molar-refractivity contribution is -0.0756. The molecule has 9 heteroatoms. The van der Waals surface area contributed by atoms with Crippen LogP contribution in [0.3, 0.4) is 0 Å². The number of amides is 1. The number of nitrogens with one attached hydrogen (secondary N) is 1. The van der Waals surface area contributed by atoms with E-state index in [1.165, 1.54) is 13.4 Å². The summed E-state index contributed by atoms with van der Waals surface area (Å²) in [6.07, 6.45) is 1.47. The Morgan fingerprint density at radius 1 is 1.14 bits per heavy atom. The van der Waals surface area contributed by atoms with Crippen molar-refractivity contribution in [2.24, 2.45) is 0 Å². The second-order valence-electron chi connectivity index (χ2n) is 7.42. The van der Waals surface area contributed by atoms with Gasteiger partial charge in [0.25, 0.3) is 5.91 Å². The van der Waals surface area contributed by atoms with Crippen LogP contribution in [0.15, 0.2) is 42.7 Å². The molecule has 0 fully saturated rings. The van der Waals surface area contributed by atoms with E-state index in [-0.39, 0.29) is 5.91 Å². The van der Waals surface area contributed by atoms with Gasteiger partial charge in [0.15, 0.2) is 0 Å². The molecule has 0 aliphatic carbocycles. The monoisotopic (exact) mass is 430 g/mol. The Balaban J connectivity index is 1.94. The van der Waals surface area contributed by atoms with E-state index < -0.39 is 8.32 Å². The molecule has 152 valence electrons. The van der Waals surface area contributed by atoms with E-state index in [1.807, 2.05) is 12.1 Å². The number of hydrogen-bond acceptors (Lipinski definition) is 6. The number of benzene rings is 2. The first-order valence-electron chi connectivity index (χ1n) is 9.00.